The van der Waals surface area contributed by atoms with Gasteiger partial charge in [0.15, 0.2) is 0 Å². The van der Waals surface area contributed by atoms with Gasteiger partial charge >= 0.3 is 0 Å². The number of nitrogens with zero attached hydrogens (tertiary/aromatic N) is 2. The lowest BCUT2D eigenvalue weighted by Gasteiger charge is -2.36. The number of carbonyl (C=O) groups excluding carboxylic acids is 1. The molecule has 0 aromatic heterocycles. The molecule has 1 amide bonds. The molecular formula is C20H30N2O. The van der Waals surface area contributed by atoms with Crippen LogP contribution in [0.3, 0.4) is 0 Å². The van der Waals surface area contributed by atoms with Crippen LogP contribution in [0.4, 0.5) is 5.69 Å². The van der Waals surface area contributed by atoms with E-state index in [2.05, 4.69) is 41.0 Å². The second kappa shape index (κ2) is 7.85. The van der Waals surface area contributed by atoms with Gasteiger partial charge in [-0.25, -0.2) is 0 Å². The highest BCUT2D eigenvalue weighted by atomic mass is 16.2. The minimum Gasteiger partial charge on any atom is -0.368 e. The number of piperazine rings is 1. The van der Waals surface area contributed by atoms with Gasteiger partial charge in [-0.1, -0.05) is 44.2 Å². The van der Waals surface area contributed by atoms with E-state index in [1.54, 1.807) is 0 Å². The van der Waals surface area contributed by atoms with Gasteiger partial charge in [-0.15, -0.1) is 0 Å². The van der Waals surface area contributed by atoms with Gasteiger partial charge in [-0.2, -0.15) is 0 Å². The summed E-state index contributed by atoms with van der Waals surface area (Å²) >= 11 is 0. The standard InChI is InChI=1S/C20H30N2O/c1-17-6-5-9-19(16-17)21-12-14-22(15-13-21)20(23)11-10-18-7-3-2-4-8-18/h5-6,9,16,18H,2-4,7-8,10-15H2,1H3. The second-order valence-corrected chi connectivity index (χ2v) is 7.25. The fourth-order valence-electron chi connectivity index (χ4n) is 4.00. The van der Waals surface area contributed by atoms with Gasteiger partial charge in [-0.3, -0.25) is 4.79 Å². The van der Waals surface area contributed by atoms with E-state index in [0.717, 1.165) is 44.9 Å². The first-order valence-corrected chi connectivity index (χ1v) is 9.32. The van der Waals surface area contributed by atoms with Crippen LogP contribution in [0.2, 0.25) is 0 Å². The predicted octanol–water partition coefficient (Wildman–Crippen LogP) is 4.00. The van der Waals surface area contributed by atoms with E-state index in [9.17, 15) is 4.79 Å². The molecule has 1 heterocycles. The number of hydrogen-bond donors (Lipinski definition) is 0. The van der Waals surface area contributed by atoms with Gasteiger partial charge in [0.25, 0.3) is 0 Å². The first-order valence-electron chi connectivity index (χ1n) is 9.32. The first kappa shape index (κ1) is 16.4. The van der Waals surface area contributed by atoms with Crippen molar-refractivity contribution in [3.8, 4) is 0 Å². The third-order valence-electron chi connectivity index (χ3n) is 5.49. The minimum absolute atomic E-state index is 0.375. The quantitative estimate of drug-likeness (QED) is 0.838. The third kappa shape index (κ3) is 4.49. The zero-order valence-corrected chi connectivity index (χ0v) is 14.5. The Labute approximate surface area is 140 Å². The number of amides is 1. The average molecular weight is 314 g/mol. The molecule has 0 radical (unpaired) electrons. The van der Waals surface area contributed by atoms with Gasteiger partial charge in [0.05, 0.1) is 0 Å². The molecule has 126 valence electrons. The molecule has 1 aromatic carbocycles. The number of anilines is 1. The van der Waals surface area contributed by atoms with Crippen molar-refractivity contribution in [3.05, 3.63) is 29.8 Å². The van der Waals surface area contributed by atoms with E-state index in [-0.39, 0.29) is 0 Å². The molecule has 3 rings (SSSR count). The molecule has 1 aromatic rings. The fraction of sp³-hybridized carbons (Fsp3) is 0.650. The van der Waals surface area contributed by atoms with Crippen LogP contribution >= 0.6 is 0 Å². The molecule has 1 saturated carbocycles. The summed E-state index contributed by atoms with van der Waals surface area (Å²) < 4.78 is 0. The Morgan fingerprint density at radius 3 is 2.52 bits per heavy atom. The van der Waals surface area contributed by atoms with Crippen molar-refractivity contribution < 1.29 is 4.79 Å². The van der Waals surface area contributed by atoms with Crippen molar-refractivity contribution in [3.63, 3.8) is 0 Å². The van der Waals surface area contributed by atoms with Crippen molar-refractivity contribution in [2.75, 3.05) is 31.1 Å². The number of aryl methyl sites for hydroxylation is 1. The molecule has 3 heteroatoms. The molecule has 0 N–H and O–H groups in total. The molecule has 0 atom stereocenters. The summed E-state index contributed by atoms with van der Waals surface area (Å²) in [7, 11) is 0. The van der Waals surface area contributed by atoms with Gasteiger partial charge in [0.2, 0.25) is 5.91 Å². The maximum absolute atomic E-state index is 12.4. The second-order valence-electron chi connectivity index (χ2n) is 7.25. The Balaban J connectivity index is 1.43. The van der Waals surface area contributed by atoms with Crippen LogP contribution in [-0.4, -0.2) is 37.0 Å². The van der Waals surface area contributed by atoms with E-state index in [4.69, 9.17) is 0 Å². The van der Waals surface area contributed by atoms with Crippen molar-refractivity contribution in [1.29, 1.82) is 0 Å². The largest absolute Gasteiger partial charge is 0.368 e. The minimum atomic E-state index is 0.375. The van der Waals surface area contributed by atoms with Gasteiger partial charge in [0.1, 0.15) is 0 Å². The van der Waals surface area contributed by atoms with Crippen LogP contribution in [0, 0.1) is 12.8 Å². The van der Waals surface area contributed by atoms with Crippen LogP contribution < -0.4 is 4.90 Å². The highest BCUT2D eigenvalue weighted by Gasteiger charge is 2.22. The Kier molecular flexibility index (Phi) is 5.58. The SMILES string of the molecule is Cc1cccc(N2CCN(C(=O)CCC3CCCCC3)CC2)c1. The summed E-state index contributed by atoms with van der Waals surface area (Å²) in [6.45, 7) is 5.79. The maximum atomic E-state index is 12.4. The van der Waals surface area contributed by atoms with Crippen molar-refractivity contribution >= 4 is 11.6 Å². The van der Waals surface area contributed by atoms with Crippen LogP contribution in [-0.2, 0) is 4.79 Å². The van der Waals surface area contributed by atoms with E-state index >= 15 is 0 Å². The Morgan fingerprint density at radius 1 is 1.09 bits per heavy atom. The normalized spacial score (nSPS) is 19.9. The molecule has 0 unspecified atom stereocenters. The molecule has 2 fully saturated rings. The van der Waals surface area contributed by atoms with Gasteiger partial charge in [0, 0.05) is 38.3 Å². The van der Waals surface area contributed by atoms with E-state index in [0.29, 0.717) is 5.91 Å². The molecular weight excluding hydrogens is 284 g/mol. The molecule has 1 aliphatic heterocycles. The van der Waals surface area contributed by atoms with E-state index in [1.165, 1.54) is 43.4 Å². The summed E-state index contributed by atoms with van der Waals surface area (Å²) in [6.07, 6.45) is 8.68. The van der Waals surface area contributed by atoms with Crippen LogP contribution in [0.5, 0.6) is 0 Å². The lowest BCUT2D eigenvalue weighted by atomic mass is 9.86. The molecule has 1 aliphatic carbocycles. The lowest BCUT2D eigenvalue weighted by Crippen LogP contribution is -2.48. The lowest BCUT2D eigenvalue weighted by molar-refractivity contribution is -0.131. The fourth-order valence-corrected chi connectivity index (χ4v) is 4.00. The highest BCUT2D eigenvalue weighted by Crippen LogP contribution is 2.27. The highest BCUT2D eigenvalue weighted by molar-refractivity contribution is 5.76. The summed E-state index contributed by atoms with van der Waals surface area (Å²) in [5.74, 6) is 1.18. The molecule has 1 saturated heterocycles. The first-order chi connectivity index (χ1) is 11.2. The van der Waals surface area contributed by atoms with Gasteiger partial charge in [-0.05, 0) is 37.0 Å². The van der Waals surface area contributed by atoms with E-state index < -0.39 is 0 Å². The number of carbonyl (C=O) groups is 1. The average Bonchev–Trinajstić information content (AvgIpc) is 2.61. The monoisotopic (exact) mass is 314 g/mol. The number of benzene rings is 1. The molecule has 23 heavy (non-hydrogen) atoms. The predicted molar refractivity (Wildman–Crippen MR) is 95.8 cm³/mol. The maximum Gasteiger partial charge on any atom is 0.222 e. The zero-order chi connectivity index (χ0) is 16.1. The third-order valence-corrected chi connectivity index (χ3v) is 5.49. The summed E-state index contributed by atoms with van der Waals surface area (Å²) in [4.78, 5) is 16.9. The zero-order valence-electron chi connectivity index (χ0n) is 14.5. The Hall–Kier alpha value is -1.51. The van der Waals surface area contributed by atoms with Crippen LogP contribution in [0.25, 0.3) is 0 Å². The van der Waals surface area contributed by atoms with Crippen LogP contribution in [0.1, 0.15) is 50.5 Å². The molecule has 3 nitrogen and oxygen atoms in total. The summed E-state index contributed by atoms with van der Waals surface area (Å²) in [5, 5.41) is 0. The number of hydrogen-bond acceptors (Lipinski definition) is 2. The molecule has 0 spiro atoms. The Bertz CT molecular complexity index is 514. The molecule has 0 bridgehead atoms. The van der Waals surface area contributed by atoms with Crippen molar-refractivity contribution in [2.24, 2.45) is 5.92 Å². The van der Waals surface area contributed by atoms with Gasteiger partial charge < -0.3 is 9.80 Å². The van der Waals surface area contributed by atoms with Crippen molar-refractivity contribution in [1.82, 2.24) is 4.90 Å². The molecule has 2 aliphatic rings. The van der Waals surface area contributed by atoms with E-state index in [1.807, 2.05) is 0 Å². The summed E-state index contributed by atoms with van der Waals surface area (Å²) in [6, 6.07) is 8.66. The van der Waals surface area contributed by atoms with Crippen LogP contribution in [0.15, 0.2) is 24.3 Å². The Morgan fingerprint density at radius 2 is 1.83 bits per heavy atom. The topological polar surface area (TPSA) is 23.6 Å². The number of rotatable bonds is 4. The van der Waals surface area contributed by atoms with Crippen molar-refractivity contribution in [2.45, 2.75) is 51.9 Å². The summed E-state index contributed by atoms with van der Waals surface area (Å²) in [5.41, 5.74) is 2.59. The smallest absolute Gasteiger partial charge is 0.222 e.